The molecule has 2 heterocycles. The lowest BCUT2D eigenvalue weighted by atomic mass is 9.86. The lowest BCUT2D eigenvalue weighted by Crippen LogP contribution is -2.41. The zero-order valence-corrected chi connectivity index (χ0v) is 11.2. The first-order valence-electron chi connectivity index (χ1n) is 6.51. The number of amidine groups is 1. The van der Waals surface area contributed by atoms with Crippen LogP contribution in [-0.2, 0) is 0 Å². The monoisotopic (exact) mass is 241 g/mol. The van der Waals surface area contributed by atoms with Crippen molar-refractivity contribution in [1.82, 2.24) is 0 Å². The maximum atomic E-state index is 4.78. The summed E-state index contributed by atoms with van der Waals surface area (Å²) in [7, 11) is 0. The molecule has 0 N–H and O–H groups in total. The van der Waals surface area contributed by atoms with Gasteiger partial charge in [-0.2, -0.15) is 0 Å². The van der Waals surface area contributed by atoms with Crippen molar-refractivity contribution in [2.24, 2.45) is 15.4 Å². The fourth-order valence-electron chi connectivity index (χ4n) is 2.62. The Morgan fingerprint density at radius 3 is 2.78 bits per heavy atom. The van der Waals surface area contributed by atoms with Crippen molar-refractivity contribution in [2.75, 3.05) is 18.0 Å². The van der Waals surface area contributed by atoms with Crippen molar-refractivity contribution in [3.63, 3.8) is 0 Å². The zero-order chi connectivity index (χ0) is 12.8. The largest absolute Gasteiger partial charge is 0.326 e. The molecule has 0 radical (unpaired) electrons. The Morgan fingerprint density at radius 2 is 2.00 bits per heavy atom. The minimum atomic E-state index is 0.0972. The predicted octanol–water partition coefficient (Wildman–Crippen LogP) is 2.75. The van der Waals surface area contributed by atoms with E-state index in [0.29, 0.717) is 0 Å². The highest BCUT2D eigenvalue weighted by atomic mass is 15.3. The number of benzene rings is 1. The molecule has 3 nitrogen and oxygen atoms in total. The number of para-hydroxylation sites is 1. The van der Waals surface area contributed by atoms with Gasteiger partial charge in [0.15, 0.2) is 0 Å². The molecule has 18 heavy (non-hydrogen) atoms. The third-order valence-corrected chi connectivity index (χ3v) is 3.53. The third kappa shape index (κ3) is 1.74. The Balaban J connectivity index is 2.12. The second-order valence-electron chi connectivity index (χ2n) is 6.00. The highest BCUT2D eigenvalue weighted by Gasteiger charge is 2.36. The van der Waals surface area contributed by atoms with Crippen LogP contribution in [0, 0.1) is 5.41 Å². The summed E-state index contributed by atoms with van der Waals surface area (Å²) >= 11 is 0. The topological polar surface area (TPSA) is 28.0 Å². The maximum Gasteiger partial charge on any atom is 0.129 e. The molecule has 0 fully saturated rings. The van der Waals surface area contributed by atoms with E-state index in [-0.39, 0.29) is 11.5 Å². The lowest BCUT2D eigenvalue weighted by Gasteiger charge is -2.31. The van der Waals surface area contributed by atoms with Crippen LogP contribution in [0.4, 0.5) is 5.69 Å². The summed E-state index contributed by atoms with van der Waals surface area (Å²) in [5.74, 6) is 1.13. The van der Waals surface area contributed by atoms with Gasteiger partial charge in [0.05, 0.1) is 12.2 Å². The Kier molecular flexibility index (Phi) is 2.51. The zero-order valence-electron chi connectivity index (χ0n) is 11.2. The lowest BCUT2D eigenvalue weighted by molar-refractivity contribution is 0.383. The summed E-state index contributed by atoms with van der Waals surface area (Å²) in [6.45, 7) is 8.53. The van der Waals surface area contributed by atoms with Gasteiger partial charge in [0.2, 0.25) is 0 Å². The molecular formula is C15H19N3. The summed E-state index contributed by atoms with van der Waals surface area (Å²) in [5.41, 5.74) is 2.53. The maximum absolute atomic E-state index is 4.78. The van der Waals surface area contributed by atoms with Gasteiger partial charge in [-0.05, 0) is 11.5 Å². The van der Waals surface area contributed by atoms with Crippen LogP contribution < -0.4 is 4.90 Å². The van der Waals surface area contributed by atoms with E-state index in [4.69, 9.17) is 9.98 Å². The van der Waals surface area contributed by atoms with Crippen LogP contribution >= 0.6 is 0 Å². The standard InChI is InChI=1S/C15H19N3/c1-15(2,3)13-14-16-8-9-18(14)12-7-5-4-6-11(12)10-17-13/h4-7,10,13H,8-9H2,1-3H3. The van der Waals surface area contributed by atoms with E-state index in [0.717, 1.165) is 18.9 Å². The first-order valence-corrected chi connectivity index (χ1v) is 6.51. The fraction of sp³-hybridized carbons (Fsp3) is 0.467. The molecule has 1 unspecified atom stereocenters. The number of fused-ring (bicyclic) bond motifs is 3. The van der Waals surface area contributed by atoms with Crippen LogP contribution in [0.15, 0.2) is 34.3 Å². The third-order valence-electron chi connectivity index (χ3n) is 3.53. The van der Waals surface area contributed by atoms with E-state index < -0.39 is 0 Å². The Labute approximate surface area is 108 Å². The Bertz CT molecular complexity index is 523. The molecule has 0 aromatic heterocycles. The van der Waals surface area contributed by atoms with Crippen LogP contribution in [0.1, 0.15) is 26.3 Å². The van der Waals surface area contributed by atoms with Crippen LogP contribution in [-0.4, -0.2) is 31.2 Å². The van der Waals surface area contributed by atoms with Crippen molar-refractivity contribution in [2.45, 2.75) is 26.8 Å². The number of aliphatic imine (C=N–C) groups is 2. The molecule has 0 bridgehead atoms. The van der Waals surface area contributed by atoms with Crippen LogP contribution in [0.5, 0.6) is 0 Å². The van der Waals surface area contributed by atoms with Crippen molar-refractivity contribution in [3.8, 4) is 0 Å². The number of hydrogen-bond acceptors (Lipinski definition) is 3. The van der Waals surface area contributed by atoms with Gasteiger partial charge < -0.3 is 4.90 Å². The molecule has 1 aromatic carbocycles. The van der Waals surface area contributed by atoms with Gasteiger partial charge in [-0.1, -0.05) is 39.0 Å². The summed E-state index contributed by atoms with van der Waals surface area (Å²) in [5, 5.41) is 0. The van der Waals surface area contributed by atoms with Crippen molar-refractivity contribution < 1.29 is 0 Å². The first kappa shape index (κ1) is 11.5. The van der Waals surface area contributed by atoms with Gasteiger partial charge in [-0.3, -0.25) is 9.98 Å². The average Bonchev–Trinajstić information content (AvgIpc) is 2.71. The van der Waals surface area contributed by atoms with E-state index >= 15 is 0 Å². The minimum Gasteiger partial charge on any atom is -0.326 e. The van der Waals surface area contributed by atoms with E-state index in [1.807, 2.05) is 6.21 Å². The highest BCUT2D eigenvalue weighted by Crippen LogP contribution is 2.32. The normalized spacial score (nSPS) is 22.3. The molecule has 94 valence electrons. The molecule has 0 aliphatic carbocycles. The molecule has 3 rings (SSSR count). The fourth-order valence-corrected chi connectivity index (χ4v) is 2.62. The van der Waals surface area contributed by atoms with Gasteiger partial charge in [0.25, 0.3) is 0 Å². The molecular weight excluding hydrogens is 222 g/mol. The molecule has 0 saturated carbocycles. The highest BCUT2D eigenvalue weighted by molar-refractivity contribution is 6.09. The summed E-state index contributed by atoms with van der Waals surface area (Å²) < 4.78 is 0. The molecule has 0 saturated heterocycles. The van der Waals surface area contributed by atoms with Gasteiger partial charge in [-0.25, -0.2) is 0 Å². The molecule has 0 amide bonds. The van der Waals surface area contributed by atoms with Gasteiger partial charge in [-0.15, -0.1) is 0 Å². The van der Waals surface area contributed by atoms with Crippen LogP contribution in [0.3, 0.4) is 0 Å². The number of hydrogen-bond donors (Lipinski definition) is 0. The average molecular weight is 241 g/mol. The van der Waals surface area contributed by atoms with E-state index in [1.165, 1.54) is 11.3 Å². The number of anilines is 1. The van der Waals surface area contributed by atoms with Gasteiger partial charge >= 0.3 is 0 Å². The van der Waals surface area contributed by atoms with Crippen LogP contribution in [0.2, 0.25) is 0 Å². The van der Waals surface area contributed by atoms with Crippen molar-refractivity contribution >= 4 is 17.7 Å². The van der Waals surface area contributed by atoms with E-state index in [1.54, 1.807) is 0 Å². The molecule has 0 spiro atoms. The Hall–Kier alpha value is -1.64. The van der Waals surface area contributed by atoms with Crippen molar-refractivity contribution in [1.29, 1.82) is 0 Å². The second kappa shape index (κ2) is 3.94. The number of rotatable bonds is 0. The Morgan fingerprint density at radius 1 is 1.22 bits per heavy atom. The number of nitrogens with zero attached hydrogens (tertiary/aromatic N) is 3. The quantitative estimate of drug-likeness (QED) is 0.686. The first-order chi connectivity index (χ1) is 8.57. The van der Waals surface area contributed by atoms with Crippen LogP contribution in [0.25, 0.3) is 0 Å². The van der Waals surface area contributed by atoms with E-state index in [9.17, 15) is 0 Å². The summed E-state index contributed by atoms with van der Waals surface area (Å²) in [6.07, 6.45) is 2.01. The smallest absolute Gasteiger partial charge is 0.129 e. The molecule has 1 atom stereocenters. The second-order valence-corrected chi connectivity index (χ2v) is 6.00. The van der Waals surface area contributed by atoms with Crippen molar-refractivity contribution in [3.05, 3.63) is 29.8 Å². The molecule has 1 aromatic rings. The summed E-state index contributed by atoms with van der Waals surface area (Å²) in [4.78, 5) is 11.8. The molecule has 2 aliphatic rings. The SMILES string of the molecule is CC(C)(C)C1N=Cc2ccccc2N2CCN=C12. The predicted molar refractivity (Wildman–Crippen MR) is 76.9 cm³/mol. The van der Waals surface area contributed by atoms with Gasteiger partial charge in [0, 0.05) is 18.3 Å². The van der Waals surface area contributed by atoms with Gasteiger partial charge in [0.1, 0.15) is 11.9 Å². The molecule has 3 heteroatoms. The molecule has 2 aliphatic heterocycles. The summed E-state index contributed by atoms with van der Waals surface area (Å²) in [6, 6.07) is 8.58. The van der Waals surface area contributed by atoms with E-state index in [2.05, 4.69) is 49.9 Å². The minimum absolute atomic E-state index is 0.0972.